The van der Waals surface area contributed by atoms with Gasteiger partial charge in [-0.25, -0.2) is 0 Å². The highest BCUT2D eigenvalue weighted by atomic mass is 32.2. The lowest BCUT2D eigenvalue weighted by atomic mass is 10.1. The molecule has 0 fully saturated rings. The molecule has 0 saturated heterocycles. The Morgan fingerprint density at radius 1 is 0.844 bits per heavy atom. The van der Waals surface area contributed by atoms with Crippen LogP contribution in [0.3, 0.4) is 0 Å². The second-order valence-electron chi connectivity index (χ2n) is 8.43. The standard InChI is InChI=1S/C28H33NO2S/c30-26(22-31-27-15-7-13-25-14-8-20-32-28(25)27)21-29(18-16-23-9-3-1-4-10-23)19-17-24-11-5-2-6-12-24/h1-7,9-13,15,26,30H,8,14,16-22H2. The molecular formula is C28H33NO2S. The molecule has 0 saturated carbocycles. The molecule has 1 N–H and O–H groups in total. The van der Waals surface area contributed by atoms with Gasteiger partial charge in [-0.2, -0.15) is 0 Å². The maximum Gasteiger partial charge on any atom is 0.133 e. The number of nitrogens with zero attached hydrogens (tertiary/aromatic N) is 1. The van der Waals surface area contributed by atoms with Crippen molar-refractivity contribution in [2.24, 2.45) is 0 Å². The molecule has 0 amide bonds. The number of fused-ring (bicyclic) bond motifs is 1. The molecule has 0 aliphatic carbocycles. The molecule has 1 aliphatic heterocycles. The fourth-order valence-electron chi connectivity index (χ4n) is 4.17. The normalized spacial score (nSPS) is 14.2. The van der Waals surface area contributed by atoms with Crippen molar-refractivity contribution in [3.8, 4) is 5.75 Å². The van der Waals surface area contributed by atoms with Crippen LogP contribution in [0.1, 0.15) is 23.1 Å². The largest absolute Gasteiger partial charge is 0.490 e. The van der Waals surface area contributed by atoms with Crippen LogP contribution >= 0.6 is 11.8 Å². The van der Waals surface area contributed by atoms with Crippen molar-refractivity contribution >= 4 is 11.8 Å². The van der Waals surface area contributed by atoms with Crippen LogP contribution in [0.2, 0.25) is 0 Å². The molecule has 1 atom stereocenters. The van der Waals surface area contributed by atoms with Crippen molar-refractivity contribution in [2.45, 2.75) is 36.7 Å². The van der Waals surface area contributed by atoms with Gasteiger partial charge in [-0.3, -0.25) is 4.90 Å². The molecule has 3 aromatic rings. The summed E-state index contributed by atoms with van der Waals surface area (Å²) in [5, 5.41) is 10.8. The van der Waals surface area contributed by atoms with Gasteiger partial charge in [0.1, 0.15) is 18.5 Å². The summed E-state index contributed by atoms with van der Waals surface area (Å²) in [5.41, 5.74) is 4.03. The van der Waals surface area contributed by atoms with Crippen molar-refractivity contribution in [3.63, 3.8) is 0 Å². The molecule has 4 rings (SSSR count). The first-order chi connectivity index (χ1) is 15.8. The van der Waals surface area contributed by atoms with Gasteiger partial charge in [0.25, 0.3) is 0 Å². The van der Waals surface area contributed by atoms with E-state index in [1.807, 2.05) is 17.8 Å². The minimum absolute atomic E-state index is 0.324. The number of ether oxygens (including phenoxy) is 1. The quantitative estimate of drug-likeness (QED) is 0.435. The zero-order valence-electron chi connectivity index (χ0n) is 18.7. The Morgan fingerprint density at radius 2 is 1.50 bits per heavy atom. The Bertz CT molecular complexity index is 905. The van der Waals surface area contributed by atoms with Crippen LogP contribution < -0.4 is 4.74 Å². The predicted octanol–water partition coefficient (Wildman–Crippen LogP) is 5.25. The van der Waals surface area contributed by atoms with Crippen LogP contribution in [0.4, 0.5) is 0 Å². The molecule has 168 valence electrons. The molecule has 1 aliphatic rings. The first-order valence-electron chi connectivity index (χ1n) is 11.6. The summed E-state index contributed by atoms with van der Waals surface area (Å²) in [5.74, 6) is 2.06. The summed E-state index contributed by atoms with van der Waals surface area (Å²) < 4.78 is 6.10. The van der Waals surface area contributed by atoms with Gasteiger partial charge < -0.3 is 9.84 Å². The fraction of sp³-hybridized carbons (Fsp3) is 0.357. The summed E-state index contributed by atoms with van der Waals surface area (Å²) in [6, 6.07) is 27.4. The SMILES string of the molecule is OC(COc1cccc2c1SCCC2)CN(CCc1ccccc1)CCc1ccccc1. The first kappa shape index (κ1) is 22.9. The van der Waals surface area contributed by atoms with E-state index in [-0.39, 0.29) is 0 Å². The Labute approximate surface area is 196 Å². The number of hydrogen-bond acceptors (Lipinski definition) is 4. The van der Waals surface area contributed by atoms with Crippen LogP contribution in [-0.2, 0) is 19.3 Å². The molecule has 1 unspecified atom stereocenters. The van der Waals surface area contributed by atoms with Crippen LogP contribution in [0, 0.1) is 0 Å². The number of thioether (sulfide) groups is 1. The van der Waals surface area contributed by atoms with Gasteiger partial charge in [0.05, 0.1) is 4.90 Å². The summed E-state index contributed by atoms with van der Waals surface area (Å²) in [6.45, 7) is 2.78. The summed E-state index contributed by atoms with van der Waals surface area (Å²) in [7, 11) is 0. The van der Waals surface area contributed by atoms with Gasteiger partial charge in [-0.05, 0) is 54.2 Å². The Kier molecular flexibility index (Phi) is 8.66. The summed E-state index contributed by atoms with van der Waals surface area (Å²) >= 11 is 1.88. The van der Waals surface area contributed by atoms with Gasteiger partial charge in [0.2, 0.25) is 0 Å². The number of aliphatic hydroxyl groups is 1. The van der Waals surface area contributed by atoms with Crippen molar-refractivity contribution in [1.29, 1.82) is 0 Å². The Balaban J connectivity index is 1.33. The molecule has 0 aromatic heterocycles. The van der Waals surface area contributed by atoms with E-state index >= 15 is 0 Å². The van der Waals surface area contributed by atoms with Crippen LogP contribution in [0.15, 0.2) is 83.8 Å². The zero-order valence-corrected chi connectivity index (χ0v) is 19.5. The molecule has 4 heteroatoms. The van der Waals surface area contributed by atoms with Crippen molar-refractivity contribution in [3.05, 3.63) is 95.6 Å². The molecule has 0 spiro atoms. The monoisotopic (exact) mass is 447 g/mol. The van der Waals surface area contributed by atoms with Gasteiger partial charge in [-0.1, -0.05) is 72.8 Å². The fourth-order valence-corrected chi connectivity index (χ4v) is 5.28. The number of rotatable bonds is 11. The number of aryl methyl sites for hydroxylation is 1. The highest BCUT2D eigenvalue weighted by Gasteiger charge is 2.17. The molecule has 3 aromatic carbocycles. The Hall–Kier alpha value is -2.27. The first-order valence-corrected chi connectivity index (χ1v) is 12.6. The summed E-state index contributed by atoms with van der Waals surface area (Å²) in [4.78, 5) is 3.62. The molecule has 0 radical (unpaired) electrons. The lowest BCUT2D eigenvalue weighted by molar-refractivity contribution is 0.0677. The predicted molar refractivity (Wildman–Crippen MR) is 134 cm³/mol. The maximum atomic E-state index is 10.8. The van der Waals surface area contributed by atoms with E-state index in [0.29, 0.717) is 13.2 Å². The number of aliphatic hydroxyl groups excluding tert-OH is 1. The second-order valence-corrected chi connectivity index (χ2v) is 9.54. The average molecular weight is 448 g/mol. The third-order valence-electron chi connectivity index (χ3n) is 5.92. The zero-order chi connectivity index (χ0) is 22.0. The van der Waals surface area contributed by atoms with E-state index in [1.54, 1.807) is 0 Å². The van der Waals surface area contributed by atoms with Gasteiger partial charge in [0.15, 0.2) is 0 Å². The third-order valence-corrected chi connectivity index (χ3v) is 7.16. The maximum absolute atomic E-state index is 10.8. The van der Waals surface area contributed by atoms with E-state index in [4.69, 9.17) is 4.74 Å². The topological polar surface area (TPSA) is 32.7 Å². The van der Waals surface area contributed by atoms with Crippen LogP contribution in [0.25, 0.3) is 0 Å². The molecule has 32 heavy (non-hydrogen) atoms. The van der Waals surface area contributed by atoms with Crippen LogP contribution in [-0.4, -0.2) is 48.1 Å². The molecule has 1 heterocycles. The highest BCUT2D eigenvalue weighted by Crippen LogP contribution is 2.37. The van der Waals surface area contributed by atoms with Gasteiger partial charge in [-0.15, -0.1) is 11.8 Å². The molecular weight excluding hydrogens is 414 g/mol. The third kappa shape index (κ3) is 6.86. The van der Waals surface area contributed by atoms with E-state index in [0.717, 1.165) is 43.9 Å². The van der Waals surface area contributed by atoms with E-state index in [9.17, 15) is 5.11 Å². The minimum Gasteiger partial charge on any atom is -0.490 e. The summed E-state index contributed by atoms with van der Waals surface area (Å²) in [6.07, 6.45) is 3.78. The van der Waals surface area contributed by atoms with E-state index in [1.165, 1.54) is 28.0 Å². The van der Waals surface area contributed by atoms with Gasteiger partial charge >= 0.3 is 0 Å². The van der Waals surface area contributed by atoms with E-state index in [2.05, 4.69) is 77.7 Å². The smallest absolute Gasteiger partial charge is 0.133 e. The second kappa shape index (κ2) is 12.1. The molecule has 3 nitrogen and oxygen atoms in total. The van der Waals surface area contributed by atoms with Crippen LogP contribution in [0.5, 0.6) is 5.75 Å². The number of hydrogen-bond donors (Lipinski definition) is 1. The average Bonchev–Trinajstić information content (AvgIpc) is 2.85. The minimum atomic E-state index is -0.522. The van der Waals surface area contributed by atoms with E-state index < -0.39 is 6.10 Å². The molecule has 0 bridgehead atoms. The van der Waals surface area contributed by atoms with Crippen molar-refractivity contribution in [1.82, 2.24) is 4.90 Å². The highest BCUT2D eigenvalue weighted by molar-refractivity contribution is 7.99. The number of benzene rings is 3. The Morgan fingerprint density at radius 3 is 2.16 bits per heavy atom. The lowest BCUT2D eigenvalue weighted by Crippen LogP contribution is -2.38. The van der Waals surface area contributed by atoms with Crippen molar-refractivity contribution in [2.75, 3.05) is 32.0 Å². The van der Waals surface area contributed by atoms with Gasteiger partial charge in [0, 0.05) is 19.6 Å². The van der Waals surface area contributed by atoms with Crippen molar-refractivity contribution < 1.29 is 9.84 Å². The lowest BCUT2D eigenvalue weighted by Gasteiger charge is -2.26.